The maximum atomic E-state index is 5.26. The van der Waals surface area contributed by atoms with Gasteiger partial charge < -0.3 is 10.1 Å². The van der Waals surface area contributed by atoms with Crippen LogP contribution < -0.4 is 10.1 Å². The fraction of sp³-hybridized carbons (Fsp3) is 0.312. The number of aryl methyl sites for hydroxylation is 2. The Labute approximate surface area is 114 Å². The van der Waals surface area contributed by atoms with Crippen LogP contribution >= 0.6 is 0 Å². The highest BCUT2D eigenvalue weighted by Gasteiger charge is 2.00. The van der Waals surface area contributed by atoms with E-state index in [1.165, 1.54) is 5.56 Å². The van der Waals surface area contributed by atoms with Gasteiger partial charge in [-0.25, -0.2) is 0 Å². The number of benzene rings is 1. The number of hydrogen-bond acceptors (Lipinski definition) is 3. The molecule has 0 saturated heterocycles. The van der Waals surface area contributed by atoms with Gasteiger partial charge >= 0.3 is 0 Å². The summed E-state index contributed by atoms with van der Waals surface area (Å²) in [6.45, 7) is 5.69. The monoisotopic (exact) mass is 256 g/mol. The molecule has 0 unspecified atom stereocenters. The molecule has 0 radical (unpaired) electrons. The van der Waals surface area contributed by atoms with E-state index in [-0.39, 0.29) is 0 Å². The lowest BCUT2D eigenvalue weighted by atomic mass is 10.1. The maximum absolute atomic E-state index is 5.26. The SMILES string of the molecule is COc1ccc(CNCc2cccc(C)n2)cc1C. The first kappa shape index (κ1) is 13.6. The number of nitrogens with one attached hydrogen (secondary N) is 1. The lowest BCUT2D eigenvalue weighted by Gasteiger charge is -2.08. The molecule has 0 aliphatic rings. The number of aromatic nitrogens is 1. The van der Waals surface area contributed by atoms with Crippen LogP contribution in [0.2, 0.25) is 0 Å². The maximum Gasteiger partial charge on any atom is 0.121 e. The van der Waals surface area contributed by atoms with Gasteiger partial charge in [0, 0.05) is 18.8 Å². The zero-order chi connectivity index (χ0) is 13.7. The summed E-state index contributed by atoms with van der Waals surface area (Å²) in [5.41, 5.74) is 4.55. The molecule has 0 spiro atoms. The van der Waals surface area contributed by atoms with Gasteiger partial charge in [-0.3, -0.25) is 4.98 Å². The highest BCUT2D eigenvalue weighted by Crippen LogP contribution is 2.18. The highest BCUT2D eigenvalue weighted by molar-refractivity contribution is 5.36. The van der Waals surface area contributed by atoms with E-state index in [4.69, 9.17) is 4.74 Å². The second-order valence-corrected chi connectivity index (χ2v) is 4.68. The predicted octanol–water partition coefficient (Wildman–Crippen LogP) is 3.00. The Morgan fingerprint density at radius 1 is 1.11 bits per heavy atom. The predicted molar refractivity (Wildman–Crippen MR) is 77.2 cm³/mol. The summed E-state index contributed by atoms with van der Waals surface area (Å²) in [5, 5.41) is 3.41. The van der Waals surface area contributed by atoms with Gasteiger partial charge in [0.15, 0.2) is 0 Å². The van der Waals surface area contributed by atoms with E-state index >= 15 is 0 Å². The molecule has 2 rings (SSSR count). The summed E-state index contributed by atoms with van der Waals surface area (Å²) in [5.74, 6) is 0.934. The zero-order valence-electron chi connectivity index (χ0n) is 11.7. The van der Waals surface area contributed by atoms with E-state index in [9.17, 15) is 0 Å². The van der Waals surface area contributed by atoms with Crippen LogP contribution in [-0.2, 0) is 13.1 Å². The molecule has 0 saturated carbocycles. The average Bonchev–Trinajstić information content (AvgIpc) is 2.39. The van der Waals surface area contributed by atoms with Gasteiger partial charge in [-0.2, -0.15) is 0 Å². The van der Waals surface area contributed by atoms with E-state index in [0.717, 1.165) is 35.8 Å². The van der Waals surface area contributed by atoms with Crippen molar-refractivity contribution < 1.29 is 4.74 Å². The van der Waals surface area contributed by atoms with Gasteiger partial charge in [-0.15, -0.1) is 0 Å². The molecular formula is C16H20N2O. The molecule has 0 atom stereocenters. The van der Waals surface area contributed by atoms with Crippen molar-refractivity contribution in [3.8, 4) is 5.75 Å². The summed E-state index contributed by atoms with van der Waals surface area (Å²) in [7, 11) is 1.70. The largest absolute Gasteiger partial charge is 0.496 e. The van der Waals surface area contributed by atoms with Crippen LogP contribution in [0, 0.1) is 13.8 Å². The standard InChI is InChI=1S/C16H20N2O/c1-12-9-14(7-8-16(12)19-3)10-17-11-15-6-4-5-13(2)18-15/h4-9,17H,10-11H2,1-3H3. The fourth-order valence-corrected chi connectivity index (χ4v) is 2.08. The normalized spacial score (nSPS) is 10.5. The van der Waals surface area contributed by atoms with E-state index in [1.807, 2.05) is 31.2 Å². The molecule has 3 nitrogen and oxygen atoms in total. The molecule has 1 aromatic carbocycles. The Bertz CT molecular complexity index is 552. The molecule has 1 aromatic heterocycles. The summed E-state index contributed by atoms with van der Waals surface area (Å²) in [6, 6.07) is 12.3. The van der Waals surface area contributed by atoms with Gasteiger partial charge in [-0.05, 0) is 43.2 Å². The molecule has 0 aliphatic carbocycles. The van der Waals surface area contributed by atoms with Gasteiger partial charge in [0.2, 0.25) is 0 Å². The molecule has 1 N–H and O–H groups in total. The van der Waals surface area contributed by atoms with E-state index in [0.29, 0.717) is 0 Å². The quantitative estimate of drug-likeness (QED) is 0.893. The molecule has 19 heavy (non-hydrogen) atoms. The van der Waals surface area contributed by atoms with Crippen molar-refractivity contribution in [2.45, 2.75) is 26.9 Å². The van der Waals surface area contributed by atoms with E-state index in [1.54, 1.807) is 7.11 Å². The van der Waals surface area contributed by atoms with Gasteiger partial charge in [0.1, 0.15) is 5.75 Å². The second-order valence-electron chi connectivity index (χ2n) is 4.68. The van der Waals surface area contributed by atoms with Crippen LogP contribution in [0.4, 0.5) is 0 Å². The van der Waals surface area contributed by atoms with Crippen LogP contribution in [0.5, 0.6) is 5.75 Å². The van der Waals surface area contributed by atoms with Crippen LogP contribution in [0.1, 0.15) is 22.5 Å². The van der Waals surface area contributed by atoms with Crippen LogP contribution in [-0.4, -0.2) is 12.1 Å². The summed E-state index contributed by atoms with van der Waals surface area (Å²) < 4.78 is 5.26. The lowest BCUT2D eigenvalue weighted by Crippen LogP contribution is -2.14. The van der Waals surface area contributed by atoms with Crippen LogP contribution in [0.15, 0.2) is 36.4 Å². The smallest absolute Gasteiger partial charge is 0.121 e. The minimum atomic E-state index is 0.784. The van der Waals surface area contributed by atoms with Crippen molar-refractivity contribution in [3.05, 3.63) is 58.9 Å². The zero-order valence-corrected chi connectivity index (χ0v) is 11.7. The highest BCUT2D eigenvalue weighted by atomic mass is 16.5. The number of nitrogens with zero attached hydrogens (tertiary/aromatic N) is 1. The van der Waals surface area contributed by atoms with Crippen molar-refractivity contribution in [1.29, 1.82) is 0 Å². The Hall–Kier alpha value is -1.87. The number of methoxy groups -OCH3 is 1. The third-order valence-corrected chi connectivity index (χ3v) is 3.04. The third kappa shape index (κ3) is 3.80. The molecule has 0 bridgehead atoms. The van der Waals surface area contributed by atoms with Crippen molar-refractivity contribution in [2.75, 3.05) is 7.11 Å². The summed E-state index contributed by atoms with van der Waals surface area (Å²) in [4.78, 5) is 4.47. The third-order valence-electron chi connectivity index (χ3n) is 3.04. The van der Waals surface area contributed by atoms with Gasteiger partial charge in [0.05, 0.1) is 12.8 Å². The number of rotatable bonds is 5. The Kier molecular flexibility index (Phi) is 4.53. The van der Waals surface area contributed by atoms with Crippen molar-refractivity contribution in [3.63, 3.8) is 0 Å². The van der Waals surface area contributed by atoms with E-state index < -0.39 is 0 Å². The molecule has 1 heterocycles. The fourth-order valence-electron chi connectivity index (χ4n) is 2.08. The van der Waals surface area contributed by atoms with Crippen molar-refractivity contribution in [1.82, 2.24) is 10.3 Å². The first-order valence-corrected chi connectivity index (χ1v) is 6.46. The van der Waals surface area contributed by atoms with Crippen molar-refractivity contribution in [2.24, 2.45) is 0 Å². The van der Waals surface area contributed by atoms with E-state index in [2.05, 4.69) is 29.4 Å². The first-order chi connectivity index (χ1) is 9.19. The van der Waals surface area contributed by atoms with Gasteiger partial charge in [0.25, 0.3) is 0 Å². The second kappa shape index (κ2) is 6.34. The number of hydrogen-bond donors (Lipinski definition) is 1. The van der Waals surface area contributed by atoms with Crippen molar-refractivity contribution >= 4 is 0 Å². The van der Waals surface area contributed by atoms with Crippen LogP contribution in [0.25, 0.3) is 0 Å². The minimum Gasteiger partial charge on any atom is -0.496 e. The van der Waals surface area contributed by atoms with Crippen LogP contribution in [0.3, 0.4) is 0 Å². The summed E-state index contributed by atoms with van der Waals surface area (Å²) >= 11 is 0. The molecule has 2 aromatic rings. The average molecular weight is 256 g/mol. The Morgan fingerprint density at radius 2 is 1.95 bits per heavy atom. The Balaban J connectivity index is 1.90. The number of pyridine rings is 1. The molecule has 0 aliphatic heterocycles. The summed E-state index contributed by atoms with van der Waals surface area (Å²) in [6.07, 6.45) is 0. The minimum absolute atomic E-state index is 0.784. The van der Waals surface area contributed by atoms with Gasteiger partial charge in [-0.1, -0.05) is 18.2 Å². The Morgan fingerprint density at radius 3 is 2.63 bits per heavy atom. The molecular weight excluding hydrogens is 236 g/mol. The topological polar surface area (TPSA) is 34.1 Å². The molecule has 100 valence electrons. The number of ether oxygens (including phenoxy) is 1. The molecule has 3 heteroatoms. The molecule has 0 amide bonds. The molecule has 0 fully saturated rings. The lowest BCUT2D eigenvalue weighted by molar-refractivity contribution is 0.411. The first-order valence-electron chi connectivity index (χ1n) is 6.46.